The van der Waals surface area contributed by atoms with E-state index in [-0.39, 0.29) is 28.6 Å². The lowest BCUT2D eigenvalue weighted by molar-refractivity contribution is -0.133. The number of rotatable bonds is 9. The number of alkyl halides is 3. The van der Waals surface area contributed by atoms with E-state index in [9.17, 15) is 31.2 Å². The molecule has 0 unspecified atom stereocenters. The topological polar surface area (TPSA) is 139 Å². The fourth-order valence-electron chi connectivity index (χ4n) is 3.98. The highest BCUT2D eigenvalue weighted by molar-refractivity contribution is 7.90. The fraction of sp³-hybridized carbons (Fsp3) is 0.500. The summed E-state index contributed by atoms with van der Waals surface area (Å²) in [4.78, 5) is 24.3. The van der Waals surface area contributed by atoms with Crippen LogP contribution in [-0.4, -0.2) is 62.8 Å². The summed E-state index contributed by atoms with van der Waals surface area (Å²) in [5.74, 6) is 0.132. The highest BCUT2D eigenvalue weighted by atomic mass is 32.2. The van der Waals surface area contributed by atoms with Crippen LogP contribution in [0, 0.1) is 0 Å². The van der Waals surface area contributed by atoms with Crippen LogP contribution in [0.3, 0.4) is 0 Å². The molecule has 2 amide bonds. The number of amides is 2. The van der Waals surface area contributed by atoms with E-state index in [0.717, 1.165) is 6.26 Å². The van der Waals surface area contributed by atoms with Crippen molar-refractivity contribution in [1.29, 1.82) is 0 Å². The van der Waals surface area contributed by atoms with Gasteiger partial charge in [0.25, 0.3) is 0 Å². The maximum Gasteiger partial charge on any atom is 0.407 e. The molecular weight excluding hydrogens is 505 g/mol. The first kappa shape index (κ1) is 27.3. The van der Waals surface area contributed by atoms with Gasteiger partial charge in [-0.2, -0.15) is 18.3 Å². The average molecular weight is 533 g/mol. The zero-order valence-corrected chi connectivity index (χ0v) is 20.5. The van der Waals surface area contributed by atoms with Crippen LogP contribution in [0.1, 0.15) is 42.9 Å². The number of sulfone groups is 1. The Morgan fingerprint density at radius 1 is 1.22 bits per heavy atom. The number of aromatic amines is 1. The number of halogens is 3. The summed E-state index contributed by atoms with van der Waals surface area (Å²) in [6.07, 6.45) is -4.37. The maximum absolute atomic E-state index is 12.6. The summed E-state index contributed by atoms with van der Waals surface area (Å²) in [6, 6.07) is 6.02. The van der Waals surface area contributed by atoms with E-state index in [4.69, 9.17) is 9.47 Å². The number of anilines is 1. The van der Waals surface area contributed by atoms with Gasteiger partial charge in [0.15, 0.2) is 15.7 Å². The standard InChI is InChI=1S/C22H27F3N4O6S/c1-34-15-5-6-18(36(2,32)33)14(10-15)11-20(30)27-19-12-17(28-29-19)13-3-4-16(9-13)35-21(31)26-8-7-22(23,24)25/h5-6,10,12-13,16H,3-4,7-9,11H2,1-2H3,(H,26,31)(H2,27,28,29,30)/t13-,16+/m0/s1. The van der Waals surface area contributed by atoms with Gasteiger partial charge in [-0.3, -0.25) is 9.89 Å². The quantitative estimate of drug-likeness (QED) is 0.450. The third-order valence-electron chi connectivity index (χ3n) is 5.66. The molecule has 0 aliphatic heterocycles. The van der Waals surface area contributed by atoms with Crippen molar-refractivity contribution < 1.29 is 40.7 Å². The summed E-state index contributed by atoms with van der Waals surface area (Å²) < 4.78 is 71.0. The van der Waals surface area contributed by atoms with E-state index in [1.165, 1.54) is 25.3 Å². The van der Waals surface area contributed by atoms with Crippen LogP contribution in [0.25, 0.3) is 0 Å². The molecule has 3 rings (SSSR count). The van der Waals surface area contributed by atoms with Crippen molar-refractivity contribution in [2.45, 2.75) is 55.2 Å². The van der Waals surface area contributed by atoms with Crippen LogP contribution in [0.4, 0.5) is 23.8 Å². The van der Waals surface area contributed by atoms with E-state index in [0.29, 0.717) is 30.7 Å². The fourth-order valence-corrected chi connectivity index (χ4v) is 4.90. The minimum Gasteiger partial charge on any atom is -0.497 e. The molecule has 0 bridgehead atoms. The molecule has 1 heterocycles. The van der Waals surface area contributed by atoms with Crippen molar-refractivity contribution in [2.24, 2.45) is 0 Å². The highest BCUT2D eigenvalue weighted by Gasteiger charge is 2.31. The number of H-pyrrole nitrogens is 1. The Bertz CT molecular complexity index is 1200. The molecule has 36 heavy (non-hydrogen) atoms. The Kier molecular flexibility index (Phi) is 8.48. The van der Waals surface area contributed by atoms with Gasteiger partial charge in [0.1, 0.15) is 11.9 Å². The molecule has 2 atom stereocenters. The van der Waals surface area contributed by atoms with Crippen molar-refractivity contribution in [3.05, 3.63) is 35.5 Å². The summed E-state index contributed by atoms with van der Waals surface area (Å²) in [6.45, 7) is -0.552. The minimum atomic E-state index is -4.36. The molecule has 0 saturated heterocycles. The zero-order chi connectivity index (χ0) is 26.5. The summed E-state index contributed by atoms with van der Waals surface area (Å²) in [5.41, 5.74) is 0.987. The maximum atomic E-state index is 12.6. The van der Waals surface area contributed by atoms with Gasteiger partial charge in [-0.05, 0) is 43.0 Å². The molecule has 0 spiro atoms. The summed E-state index contributed by atoms with van der Waals surface area (Å²) in [7, 11) is -2.12. The molecule has 1 aromatic carbocycles. The normalized spacial score (nSPS) is 18.0. The van der Waals surface area contributed by atoms with Crippen molar-refractivity contribution in [3.63, 3.8) is 0 Å². The number of nitrogens with zero attached hydrogens (tertiary/aromatic N) is 1. The second-order valence-electron chi connectivity index (χ2n) is 8.51. The van der Waals surface area contributed by atoms with Crippen LogP contribution >= 0.6 is 0 Å². The zero-order valence-electron chi connectivity index (χ0n) is 19.6. The van der Waals surface area contributed by atoms with E-state index in [2.05, 4.69) is 20.8 Å². The number of aromatic nitrogens is 2. The second kappa shape index (κ2) is 11.2. The van der Waals surface area contributed by atoms with Crippen molar-refractivity contribution in [2.75, 3.05) is 25.2 Å². The number of carbonyl (C=O) groups excluding carboxylic acids is 2. The molecule has 198 valence electrons. The summed E-state index contributed by atoms with van der Waals surface area (Å²) >= 11 is 0. The number of alkyl carbamates (subject to hydrolysis) is 1. The number of ether oxygens (including phenoxy) is 2. The lowest BCUT2D eigenvalue weighted by atomic mass is 10.0. The van der Waals surface area contributed by atoms with Crippen LogP contribution in [0.2, 0.25) is 0 Å². The first-order valence-corrected chi connectivity index (χ1v) is 13.0. The lowest BCUT2D eigenvalue weighted by Gasteiger charge is -2.13. The number of hydrogen-bond donors (Lipinski definition) is 3. The molecule has 1 saturated carbocycles. The van der Waals surface area contributed by atoms with Gasteiger partial charge < -0.3 is 20.1 Å². The predicted octanol–water partition coefficient (Wildman–Crippen LogP) is 3.32. The molecule has 1 aliphatic rings. The monoisotopic (exact) mass is 532 g/mol. The van der Waals surface area contributed by atoms with Crippen LogP contribution in [-0.2, 0) is 25.8 Å². The third kappa shape index (κ3) is 7.86. The molecule has 3 N–H and O–H groups in total. The average Bonchev–Trinajstić information content (AvgIpc) is 3.41. The van der Waals surface area contributed by atoms with Gasteiger partial charge in [-0.15, -0.1) is 0 Å². The van der Waals surface area contributed by atoms with Gasteiger partial charge in [-0.1, -0.05) is 0 Å². The van der Waals surface area contributed by atoms with Gasteiger partial charge >= 0.3 is 12.3 Å². The number of hydrogen-bond acceptors (Lipinski definition) is 7. The Morgan fingerprint density at radius 2 is 1.97 bits per heavy atom. The smallest absolute Gasteiger partial charge is 0.407 e. The van der Waals surface area contributed by atoms with Crippen LogP contribution in [0.5, 0.6) is 5.75 Å². The van der Waals surface area contributed by atoms with Gasteiger partial charge in [-0.25, -0.2) is 13.2 Å². The molecule has 1 fully saturated rings. The molecule has 1 aromatic heterocycles. The van der Waals surface area contributed by atoms with E-state index >= 15 is 0 Å². The number of benzene rings is 1. The molecule has 2 aromatic rings. The van der Waals surface area contributed by atoms with Crippen molar-refractivity contribution in [1.82, 2.24) is 15.5 Å². The molecule has 0 radical (unpaired) electrons. The van der Waals surface area contributed by atoms with Crippen LogP contribution < -0.4 is 15.4 Å². The van der Waals surface area contributed by atoms with Gasteiger partial charge in [0.2, 0.25) is 5.91 Å². The molecular formula is C22H27F3N4O6S. The summed E-state index contributed by atoms with van der Waals surface area (Å²) in [5, 5.41) is 11.6. The van der Waals surface area contributed by atoms with Crippen LogP contribution in [0.15, 0.2) is 29.2 Å². The Labute approximate surface area is 205 Å². The Hall–Kier alpha value is -3.29. The molecule has 10 nitrogen and oxygen atoms in total. The Morgan fingerprint density at radius 3 is 2.64 bits per heavy atom. The van der Waals surface area contributed by atoms with Crippen molar-refractivity contribution in [3.8, 4) is 5.75 Å². The third-order valence-corrected chi connectivity index (χ3v) is 6.86. The first-order chi connectivity index (χ1) is 16.8. The largest absolute Gasteiger partial charge is 0.497 e. The van der Waals surface area contributed by atoms with E-state index < -0.39 is 47.1 Å². The predicted molar refractivity (Wildman–Crippen MR) is 123 cm³/mol. The Balaban J connectivity index is 1.53. The van der Waals surface area contributed by atoms with Gasteiger partial charge in [0.05, 0.1) is 24.8 Å². The molecule has 14 heteroatoms. The number of methoxy groups -OCH3 is 1. The van der Waals surface area contributed by atoms with E-state index in [1.54, 1.807) is 6.07 Å². The van der Waals surface area contributed by atoms with Crippen molar-refractivity contribution >= 4 is 27.7 Å². The SMILES string of the molecule is COc1ccc(S(C)(=O)=O)c(CC(=O)Nc2cc([C@H]3CC[C@@H](OC(=O)NCCC(F)(F)F)C3)[nH]n2)c1. The lowest BCUT2D eigenvalue weighted by Crippen LogP contribution is -2.31. The van der Waals surface area contributed by atoms with E-state index in [1.807, 2.05) is 0 Å². The number of nitrogens with one attached hydrogen (secondary N) is 3. The second-order valence-corrected chi connectivity index (χ2v) is 10.5. The minimum absolute atomic E-state index is 0.0283. The molecule has 1 aliphatic carbocycles. The first-order valence-electron chi connectivity index (χ1n) is 11.1. The number of carbonyl (C=O) groups is 2. The van der Waals surface area contributed by atoms with Gasteiger partial charge in [0, 0.05) is 30.5 Å². The highest BCUT2D eigenvalue weighted by Crippen LogP contribution is 2.36.